The maximum atomic E-state index is 15.7. The van der Waals surface area contributed by atoms with Crippen LogP contribution in [-0.2, 0) is 20.1 Å². The minimum absolute atomic E-state index is 0. The third-order valence-corrected chi connectivity index (χ3v) is 15.0. The van der Waals surface area contributed by atoms with E-state index >= 15 is 14.4 Å². The number of anilines is 3. The second-order valence-corrected chi connectivity index (χ2v) is 25.5. The van der Waals surface area contributed by atoms with E-state index in [4.69, 9.17) is 15.0 Å². The van der Waals surface area contributed by atoms with Gasteiger partial charge in [-0.25, -0.2) is 0 Å². The van der Waals surface area contributed by atoms with Crippen LogP contribution < -0.4 is 14.7 Å². The zero-order valence-electron chi connectivity index (χ0n) is 43.6. The van der Waals surface area contributed by atoms with Crippen molar-refractivity contribution in [1.82, 2.24) is 15.0 Å². The maximum absolute atomic E-state index is 15.7. The fourth-order valence-corrected chi connectivity index (χ4v) is 11.0. The first-order chi connectivity index (χ1) is 35.5. The summed E-state index contributed by atoms with van der Waals surface area (Å²) in [7, 11) is 0. The van der Waals surface area contributed by atoms with Crippen LogP contribution in [-0.4, -0.2) is 52.3 Å². The molecule has 0 atom stereocenters. The molecule has 0 spiro atoms. The topological polar surface area (TPSA) is 99.6 Å². The van der Waals surface area contributed by atoms with E-state index in [-0.39, 0.29) is 53.0 Å². The van der Waals surface area contributed by atoms with Gasteiger partial charge >= 0.3 is 20.1 Å². The molecule has 0 N–H and O–H groups in total. The van der Waals surface area contributed by atoms with Crippen LogP contribution in [0.5, 0.6) is 0 Å². The zero-order valence-corrected chi connectivity index (χ0v) is 50.8. The van der Waals surface area contributed by atoms with Gasteiger partial charge in [-0.1, -0.05) is 176 Å². The molecule has 0 saturated carbocycles. The van der Waals surface area contributed by atoms with Gasteiger partial charge in [-0.05, 0) is 85.4 Å². The number of nitrogens with zero attached hydrogens (tertiary/aromatic N) is 6. The van der Waals surface area contributed by atoms with Gasteiger partial charge in [-0.15, -0.1) is 70.8 Å². The molecule has 3 amide bonds. The third-order valence-electron chi connectivity index (χ3n) is 12.9. The SMILES string of the molecule is CC(C)(C)CN(C(=O)c1cc(C(=O)N(CC(C)(C)C)c2cnc3c(ccc4c(Br)cc[c-]c43)c2)cc(C(=O)N(CC(C)(C)C)c2cnc3c(ccc4c(Br)cc[c-]c43)c2)c1)c1cnc2c(ccc3c(Br)cc[c-]c32)c1.[Ir+3]. The molecule has 9 nitrogen and oxygen atoms in total. The first kappa shape index (κ1) is 54.8. The van der Waals surface area contributed by atoms with E-state index in [9.17, 15) is 0 Å². The predicted molar refractivity (Wildman–Crippen MR) is 317 cm³/mol. The summed E-state index contributed by atoms with van der Waals surface area (Å²) in [6.07, 6.45) is 5.16. The largest absolute Gasteiger partial charge is 3.00 e. The van der Waals surface area contributed by atoms with Gasteiger partial charge in [0, 0.05) is 54.9 Å². The number of halogens is 3. The van der Waals surface area contributed by atoms with Crippen LogP contribution in [0.15, 0.2) is 141 Å². The van der Waals surface area contributed by atoms with Crippen molar-refractivity contribution in [1.29, 1.82) is 0 Å². The molecule has 76 heavy (non-hydrogen) atoms. The summed E-state index contributed by atoms with van der Waals surface area (Å²) < 4.78 is 2.81. The molecule has 0 aliphatic heterocycles. The molecule has 3 heterocycles. The summed E-state index contributed by atoms with van der Waals surface area (Å²) in [5.74, 6) is -1.17. The summed E-state index contributed by atoms with van der Waals surface area (Å²) in [5, 5.41) is 8.02. The second kappa shape index (κ2) is 21.1. The monoisotopic (exact) mass is 1370 g/mol. The molecule has 7 aromatic carbocycles. The molecule has 384 valence electrons. The molecule has 0 aliphatic carbocycles. The van der Waals surface area contributed by atoms with Crippen molar-refractivity contribution in [3.63, 3.8) is 0 Å². The molecule has 13 heteroatoms. The van der Waals surface area contributed by atoms with Gasteiger partial charge in [0.25, 0.3) is 17.7 Å². The average Bonchev–Trinajstić information content (AvgIpc) is 3.37. The number of hydrogen-bond acceptors (Lipinski definition) is 6. The Bertz CT molecular complexity index is 3560. The Morgan fingerprint density at radius 1 is 0.421 bits per heavy atom. The van der Waals surface area contributed by atoms with Gasteiger partial charge in [0.2, 0.25) is 0 Å². The molecule has 0 aliphatic rings. The van der Waals surface area contributed by atoms with E-state index in [0.717, 1.165) is 78.4 Å². The van der Waals surface area contributed by atoms with Crippen LogP contribution in [0.4, 0.5) is 17.1 Å². The quantitative estimate of drug-likeness (QED) is 0.105. The molecule has 0 bridgehead atoms. The molecule has 0 fully saturated rings. The smallest absolute Gasteiger partial charge is 0.306 e. The number of carbonyl (C=O) groups is 3. The van der Waals surface area contributed by atoms with Crippen LogP contribution in [0.1, 0.15) is 93.4 Å². The third kappa shape index (κ3) is 11.2. The Labute approximate surface area is 482 Å². The normalized spacial score (nSPS) is 12.2. The van der Waals surface area contributed by atoms with Crippen LogP contribution in [0, 0.1) is 34.4 Å². The minimum Gasteiger partial charge on any atom is -0.306 e. The maximum Gasteiger partial charge on any atom is 3.00 e. The fraction of sp³-hybridized carbons (Fsp3) is 0.238. The van der Waals surface area contributed by atoms with E-state index in [0.29, 0.717) is 36.7 Å². The molecular formula is C63H54Br3IrN6O3. The Morgan fingerprint density at radius 3 is 0.934 bits per heavy atom. The van der Waals surface area contributed by atoms with E-state index in [1.807, 2.05) is 91.0 Å². The van der Waals surface area contributed by atoms with Crippen molar-refractivity contribution in [2.75, 3.05) is 34.3 Å². The van der Waals surface area contributed by atoms with Crippen molar-refractivity contribution in [3.8, 4) is 0 Å². The first-order valence-electron chi connectivity index (χ1n) is 24.8. The Balaban J connectivity index is 0.00000706. The van der Waals surface area contributed by atoms with E-state index < -0.39 is 17.7 Å². The number of benzene rings is 7. The van der Waals surface area contributed by atoms with Crippen molar-refractivity contribution >= 4 is 148 Å². The van der Waals surface area contributed by atoms with Crippen LogP contribution >= 0.6 is 47.8 Å². The van der Waals surface area contributed by atoms with Crippen LogP contribution in [0.3, 0.4) is 0 Å². The van der Waals surface area contributed by atoms with Gasteiger partial charge < -0.3 is 29.7 Å². The number of aromatic nitrogens is 3. The van der Waals surface area contributed by atoms with Gasteiger partial charge in [0.15, 0.2) is 0 Å². The Hall–Kier alpha value is -5.95. The molecule has 0 saturated heterocycles. The first-order valence-corrected chi connectivity index (χ1v) is 27.1. The second-order valence-electron chi connectivity index (χ2n) is 22.9. The molecule has 0 unspecified atom stereocenters. The zero-order chi connectivity index (χ0) is 53.3. The van der Waals surface area contributed by atoms with Gasteiger partial charge in [-0.3, -0.25) is 14.4 Å². The summed E-state index contributed by atoms with van der Waals surface area (Å²) in [4.78, 5) is 66.9. The van der Waals surface area contributed by atoms with Crippen molar-refractivity contribution in [3.05, 3.63) is 176 Å². The molecule has 0 radical (unpaired) electrons. The number of fused-ring (bicyclic) bond motifs is 9. The molecule has 10 aromatic rings. The van der Waals surface area contributed by atoms with Crippen molar-refractivity contribution < 1.29 is 34.5 Å². The van der Waals surface area contributed by atoms with Crippen LogP contribution in [0.2, 0.25) is 0 Å². The summed E-state index contributed by atoms with van der Waals surface area (Å²) in [6, 6.07) is 44.3. The average molecular weight is 1380 g/mol. The molecule has 10 rings (SSSR count). The number of hydrogen-bond donors (Lipinski definition) is 0. The number of carbonyl (C=O) groups excluding carboxylic acids is 3. The summed E-state index contributed by atoms with van der Waals surface area (Å²) in [6.45, 7) is 19.5. The fourth-order valence-electron chi connectivity index (χ4n) is 9.64. The van der Waals surface area contributed by atoms with E-state index in [1.54, 1.807) is 51.5 Å². The molecule has 3 aromatic heterocycles. The predicted octanol–water partition coefficient (Wildman–Crippen LogP) is 16.6. The van der Waals surface area contributed by atoms with E-state index in [2.05, 4.69) is 128 Å². The number of pyridine rings is 3. The van der Waals surface area contributed by atoms with Gasteiger partial charge in [-0.2, -0.15) is 0 Å². The molecular weight excluding hydrogens is 1320 g/mol. The van der Waals surface area contributed by atoms with E-state index in [1.165, 1.54) is 0 Å². The number of amides is 3. The summed E-state index contributed by atoms with van der Waals surface area (Å²) in [5.41, 5.74) is 3.35. The van der Waals surface area contributed by atoms with Crippen molar-refractivity contribution in [2.45, 2.75) is 62.3 Å². The Kier molecular flexibility index (Phi) is 15.2. The summed E-state index contributed by atoms with van der Waals surface area (Å²) >= 11 is 11.0. The van der Waals surface area contributed by atoms with Crippen LogP contribution in [0.25, 0.3) is 65.0 Å². The van der Waals surface area contributed by atoms with Gasteiger partial charge in [0.1, 0.15) is 0 Å². The standard InChI is InChI=1S/C63H54Br3N6O3.Ir/c1-61(2,3)34-70(43-28-37-19-22-46-49(55(37)67-31-43)13-10-16-52(46)64)58(73)40-25-41(59(74)71(35-62(4,5)6)44-29-38-20-23-47-50(56(38)68-32-44)14-11-17-53(47)65)27-42(26-40)60(75)72(36-63(7,8)9)45-30-39-21-24-48-51(57(39)69-33-45)15-12-18-54(48)66;/h10-12,16-33H,34-36H2,1-9H3;/q-3;+3. The Morgan fingerprint density at radius 2 is 0.684 bits per heavy atom. The minimum atomic E-state index is -0.391. The van der Waals surface area contributed by atoms with Gasteiger partial charge in [0.05, 0.1) is 17.1 Å². The van der Waals surface area contributed by atoms with Crippen molar-refractivity contribution in [2.24, 2.45) is 16.2 Å². The number of rotatable bonds is 9.